The summed E-state index contributed by atoms with van der Waals surface area (Å²) >= 11 is 3.57. The van der Waals surface area contributed by atoms with E-state index in [0.717, 1.165) is 33.7 Å². The zero-order chi connectivity index (χ0) is 15.0. The van der Waals surface area contributed by atoms with E-state index < -0.39 is 0 Å². The van der Waals surface area contributed by atoms with Gasteiger partial charge in [-0.3, -0.25) is 0 Å². The molecule has 0 spiro atoms. The molecule has 21 heavy (non-hydrogen) atoms. The van der Waals surface area contributed by atoms with Gasteiger partial charge < -0.3 is 5.32 Å². The van der Waals surface area contributed by atoms with Crippen LogP contribution in [0.4, 0.5) is 0 Å². The van der Waals surface area contributed by atoms with Crippen molar-refractivity contribution in [3.63, 3.8) is 0 Å². The number of hydrogen-bond acceptors (Lipinski definition) is 3. The summed E-state index contributed by atoms with van der Waals surface area (Å²) in [6.45, 7) is 4.83. The first kappa shape index (κ1) is 14.2. The lowest BCUT2D eigenvalue weighted by molar-refractivity contribution is 0.793. The second-order valence-electron chi connectivity index (χ2n) is 5.08. The molecule has 0 aliphatic rings. The number of para-hydroxylation sites is 1. The molecule has 5 heteroatoms. The minimum atomic E-state index is 0.802. The maximum Gasteiger partial charge on any atom is 0.154 e. The number of hydrogen-bond donors (Lipinski definition) is 1. The fourth-order valence-corrected chi connectivity index (χ4v) is 2.77. The molecule has 0 saturated carbocycles. The van der Waals surface area contributed by atoms with Crippen molar-refractivity contribution in [3.05, 3.63) is 51.8 Å². The lowest BCUT2D eigenvalue weighted by Crippen LogP contribution is -2.09. The molecule has 2 heterocycles. The molecule has 3 aromatic rings. The van der Waals surface area contributed by atoms with E-state index in [1.807, 2.05) is 43.8 Å². The van der Waals surface area contributed by atoms with Gasteiger partial charge in [0.15, 0.2) is 5.82 Å². The highest BCUT2D eigenvalue weighted by Crippen LogP contribution is 2.25. The van der Waals surface area contributed by atoms with Gasteiger partial charge in [-0.2, -0.15) is 5.10 Å². The highest BCUT2D eigenvalue weighted by atomic mass is 79.9. The monoisotopic (exact) mass is 344 g/mol. The minimum Gasteiger partial charge on any atom is -0.316 e. The van der Waals surface area contributed by atoms with Gasteiger partial charge in [0.1, 0.15) is 0 Å². The highest BCUT2D eigenvalue weighted by Gasteiger charge is 2.13. The van der Waals surface area contributed by atoms with Crippen LogP contribution in [0.25, 0.3) is 16.7 Å². The van der Waals surface area contributed by atoms with Crippen LogP contribution in [-0.2, 0) is 6.54 Å². The maximum atomic E-state index is 4.76. The van der Waals surface area contributed by atoms with Crippen molar-refractivity contribution in [3.8, 4) is 5.82 Å². The minimum absolute atomic E-state index is 0.802. The van der Waals surface area contributed by atoms with Crippen LogP contribution in [-0.4, -0.2) is 21.8 Å². The van der Waals surface area contributed by atoms with E-state index >= 15 is 0 Å². The van der Waals surface area contributed by atoms with Crippen molar-refractivity contribution in [2.45, 2.75) is 20.4 Å². The lowest BCUT2D eigenvalue weighted by Gasteiger charge is -2.10. The third-order valence-electron chi connectivity index (χ3n) is 3.58. The van der Waals surface area contributed by atoms with Gasteiger partial charge in [-0.05, 0) is 54.5 Å². The first-order valence-corrected chi connectivity index (χ1v) is 7.66. The molecule has 0 unspecified atom stereocenters. The molecule has 1 aromatic carbocycles. The molecule has 108 valence electrons. The maximum absolute atomic E-state index is 4.76. The Balaban J connectivity index is 2.25. The Morgan fingerprint density at radius 1 is 1.24 bits per heavy atom. The Morgan fingerprint density at radius 3 is 2.67 bits per heavy atom. The third-order valence-corrected chi connectivity index (χ3v) is 4.72. The number of nitrogens with one attached hydrogen (secondary N) is 1. The SMILES string of the molecule is CNCc1cc(-n2nc(C)c(Br)c2C)nc2ccccc12. The zero-order valence-electron chi connectivity index (χ0n) is 12.3. The average Bonchev–Trinajstić information content (AvgIpc) is 2.75. The number of aryl methyl sites for hydroxylation is 1. The fraction of sp³-hybridized carbons (Fsp3) is 0.250. The predicted octanol–water partition coefficient (Wildman–Crippen LogP) is 3.52. The van der Waals surface area contributed by atoms with Crippen LogP contribution in [0.3, 0.4) is 0 Å². The van der Waals surface area contributed by atoms with E-state index in [2.05, 4.69) is 38.5 Å². The van der Waals surface area contributed by atoms with Crippen LogP contribution in [0.2, 0.25) is 0 Å². The van der Waals surface area contributed by atoms with Crippen molar-refractivity contribution in [2.24, 2.45) is 0 Å². The molecule has 0 aliphatic heterocycles. The lowest BCUT2D eigenvalue weighted by atomic mass is 10.1. The Hall–Kier alpha value is -1.72. The molecular weight excluding hydrogens is 328 g/mol. The van der Waals surface area contributed by atoms with E-state index in [9.17, 15) is 0 Å². The number of nitrogens with zero attached hydrogens (tertiary/aromatic N) is 3. The fourth-order valence-electron chi connectivity index (χ4n) is 2.52. The summed E-state index contributed by atoms with van der Waals surface area (Å²) in [7, 11) is 1.95. The number of halogens is 1. The van der Waals surface area contributed by atoms with Crippen LogP contribution >= 0.6 is 15.9 Å². The highest BCUT2D eigenvalue weighted by molar-refractivity contribution is 9.10. The summed E-state index contributed by atoms with van der Waals surface area (Å²) in [5.74, 6) is 0.852. The summed E-state index contributed by atoms with van der Waals surface area (Å²) < 4.78 is 2.93. The first-order chi connectivity index (χ1) is 10.1. The molecule has 0 saturated heterocycles. The third kappa shape index (κ3) is 2.47. The van der Waals surface area contributed by atoms with Crippen molar-refractivity contribution >= 4 is 26.8 Å². The Morgan fingerprint density at radius 2 is 2.00 bits per heavy atom. The summed E-state index contributed by atoms with van der Waals surface area (Å²) in [6, 6.07) is 10.3. The van der Waals surface area contributed by atoms with Crippen molar-refractivity contribution in [1.29, 1.82) is 0 Å². The topological polar surface area (TPSA) is 42.7 Å². The standard InChI is InChI=1S/C16H17BrN4/c1-10-16(17)11(2)21(20-10)15-8-12(9-18-3)13-6-4-5-7-14(13)19-15/h4-8,18H,9H2,1-3H3. The summed E-state index contributed by atoms with van der Waals surface area (Å²) in [5, 5.41) is 8.97. The predicted molar refractivity (Wildman–Crippen MR) is 88.8 cm³/mol. The van der Waals surface area contributed by atoms with Gasteiger partial charge >= 0.3 is 0 Å². The van der Waals surface area contributed by atoms with Crippen LogP contribution in [0.5, 0.6) is 0 Å². The van der Waals surface area contributed by atoms with Gasteiger partial charge in [-0.1, -0.05) is 18.2 Å². The van der Waals surface area contributed by atoms with Gasteiger partial charge in [0.25, 0.3) is 0 Å². The van der Waals surface area contributed by atoms with Gasteiger partial charge in [-0.15, -0.1) is 0 Å². The van der Waals surface area contributed by atoms with Crippen LogP contribution < -0.4 is 5.32 Å². The largest absolute Gasteiger partial charge is 0.316 e. The van der Waals surface area contributed by atoms with Crippen molar-refractivity contribution in [1.82, 2.24) is 20.1 Å². The van der Waals surface area contributed by atoms with E-state index in [-0.39, 0.29) is 0 Å². The van der Waals surface area contributed by atoms with Crippen LogP contribution in [0.1, 0.15) is 17.0 Å². The van der Waals surface area contributed by atoms with Gasteiger partial charge in [0.2, 0.25) is 0 Å². The Kier molecular flexibility index (Phi) is 3.78. The number of pyridine rings is 1. The number of rotatable bonds is 3. The molecule has 0 fully saturated rings. The smallest absolute Gasteiger partial charge is 0.154 e. The molecule has 0 bridgehead atoms. The molecule has 0 aliphatic carbocycles. The van der Waals surface area contributed by atoms with Crippen molar-refractivity contribution in [2.75, 3.05) is 7.05 Å². The molecule has 3 rings (SSSR count). The summed E-state index contributed by atoms with van der Waals surface area (Å²) in [6.07, 6.45) is 0. The molecule has 0 radical (unpaired) electrons. The van der Waals surface area contributed by atoms with E-state index in [0.29, 0.717) is 0 Å². The molecule has 0 amide bonds. The normalized spacial score (nSPS) is 11.2. The second kappa shape index (κ2) is 5.58. The Bertz CT molecular complexity index is 807. The molecule has 4 nitrogen and oxygen atoms in total. The summed E-state index contributed by atoms with van der Waals surface area (Å²) in [4.78, 5) is 4.76. The van der Waals surface area contributed by atoms with Crippen LogP contribution in [0, 0.1) is 13.8 Å². The van der Waals surface area contributed by atoms with E-state index in [1.54, 1.807) is 0 Å². The second-order valence-corrected chi connectivity index (χ2v) is 5.88. The van der Waals surface area contributed by atoms with Crippen LogP contribution in [0.15, 0.2) is 34.8 Å². The molecule has 1 N–H and O–H groups in total. The Labute approximate surface area is 132 Å². The van der Waals surface area contributed by atoms with E-state index in [1.165, 1.54) is 10.9 Å². The van der Waals surface area contributed by atoms with E-state index in [4.69, 9.17) is 4.98 Å². The van der Waals surface area contributed by atoms with Crippen molar-refractivity contribution < 1.29 is 0 Å². The average molecular weight is 345 g/mol. The number of aromatic nitrogens is 3. The molecule has 0 atom stereocenters. The quantitative estimate of drug-likeness (QED) is 0.790. The van der Waals surface area contributed by atoms with Gasteiger partial charge in [0.05, 0.1) is 21.4 Å². The van der Waals surface area contributed by atoms with Gasteiger partial charge in [-0.25, -0.2) is 9.67 Å². The van der Waals surface area contributed by atoms with Gasteiger partial charge in [0, 0.05) is 11.9 Å². The molecule has 2 aromatic heterocycles. The number of benzene rings is 1. The first-order valence-electron chi connectivity index (χ1n) is 6.87. The zero-order valence-corrected chi connectivity index (χ0v) is 13.9. The molecular formula is C16H17BrN4. The summed E-state index contributed by atoms with van der Waals surface area (Å²) in [5.41, 5.74) is 4.24. The number of fused-ring (bicyclic) bond motifs is 1.